The van der Waals surface area contributed by atoms with E-state index in [1.165, 1.54) is 69.8 Å². The number of aryl methyl sites for hydroxylation is 1. The Labute approximate surface area is 135 Å². The lowest BCUT2D eigenvalue weighted by Gasteiger charge is -2.01. The Hall–Kier alpha value is -1.19. The highest BCUT2D eigenvalue weighted by Gasteiger charge is 1.93. The monoisotopic (exact) mass is 304 g/mol. The first-order valence-electron chi connectivity index (χ1n) is 8.84. The van der Waals surface area contributed by atoms with E-state index in [-0.39, 0.29) is 0 Å². The number of unbranched alkanes of at least 4 members (excludes halogenated alkanes) is 8. The summed E-state index contributed by atoms with van der Waals surface area (Å²) in [5, 5.41) is 8.43. The molecule has 22 heavy (non-hydrogen) atoms. The van der Waals surface area contributed by atoms with Gasteiger partial charge >= 0.3 is 0 Å². The highest BCUT2D eigenvalue weighted by atomic mass is 16.5. The van der Waals surface area contributed by atoms with Crippen molar-refractivity contribution >= 4 is 0 Å². The molecule has 1 rings (SSSR count). The summed E-state index contributed by atoms with van der Waals surface area (Å²) in [6, 6.07) is 4.18. The summed E-state index contributed by atoms with van der Waals surface area (Å²) in [4.78, 5) is 4.15. The average Bonchev–Trinajstić information content (AvgIpc) is 2.56. The maximum absolute atomic E-state index is 8.43. The lowest BCUT2D eigenvalue weighted by Crippen LogP contribution is -2.07. The molecule has 0 saturated heterocycles. The molecular formula is C19H32N2O. The Morgan fingerprint density at radius 3 is 2.27 bits per heavy atom. The van der Waals surface area contributed by atoms with Crippen molar-refractivity contribution in [3.8, 4) is 0 Å². The molecule has 0 spiro atoms. The summed E-state index contributed by atoms with van der Waals surface area (Å²) in [6.07, 6.45) is 22.1. The topological polar surface area (TPSA) is 45.1 Å². The molecule has 0 saturated carbocycles. The van der Waals surface area contributed by atoms with E-state index in [0.717, 1.165) is 6.42 Å². The van der Waals surface area contributed by atoms with Gasteiger partial charge < -0.3 is 5.21 Å². The minimum Gasteiger partial charge on any atom is -0.317 e. The molecule has 0 amide bonds. The smallest absolute Gasteiger partial charge is 0.0299 e. The minimum absolute atomic E-state index is 0.713. The zero-order valence-electron chi connectivity index (χ0n) is 13.8. The maximum Gasteiger partial charge on any atom is 0.0299 e. The van der Waals surface area contributed by atoms with Crippen molar-refractivity contribution in [2.24, 2.45) is 0 Å². The Morgan fingerprint density at radius 2 is 1.59 bits per heavy atom. The molecule has 0 aliphatic rings. The fourth-order valence-corrected chi connectivity index (χ4v) is 2.55. The van der Waals surface area contributed by atoms with E-state index < -0.39 is 0 Å². The second-order valence-electron chi connectivity index (χ2n) is 5.90. The molecule has 1 heterocycles. The number of rotatable bonds is 14. The lowest BCUT2D eigenvalue weighted by atomic mass is 10.1. The van der Waals surface area contributed by atoms with Crippen molar-refractivity contribution in [1.82, 2.24) is 10.5 Å². The van der Waals surface area contributed by atoms with E-state index in [4.69, 9.17) is 5.21 Å². The molecule has 0 aromatic carbocycles. The predicted molar refractivity (Wildman–Crippen MR) is 93.0 cm³/mol. The number of hydrogen-bond donors (Lipinski definition) is 2. The summed E-state index contributed by atoms with van der Waals surface area (Å²) in [5.41, 5.74) is 3.56. The third-order valence-corrected chi connectivity index (χ3v) is 3.89. The zero-order chi connectivity index (χ0) is 15.7. The van der Waals surface area contributed by atoms with Gasteiger partial charge in [-0.15, -0.1) is 0 Å². The van der Waals surface area contributed by atoms with Gasteiger partial charge in [0.15, 0.2) is 0 Å². The number of nitrogens with zero attached hydrogens (tertiary/aromatic N) is 1. The number of nitrogens with one attached hydrogen (secondary N) is 1. The van der Waals surface area contributed by atoms with E-state index in [9.17, 15) is 0 Å². The summed E-state index contributed by atoms with van der Waals surface area (Å²) < 4.78 is 0. The van der Waals surface area contributed by atoms with Crippen LogP contribution in [0.1, 0.15) is 69.8 Å². The van der Waals surface area contributed by atoms with Crippen LogP contribution in [-0.2, 0) is 6.42 Å². The second kappa shape index (κ2) is 14.7. The zero-order valence-corrected chi connectivity index (χ0v) is 13.8. The predicted octanol–water partition coefficient (Wildman–Crippen LogP) is 5.06. The first-order chi connectivity index (χ1) is 10.9. The fraction of sp³-hybridized carbons (Fsp3) is 0.632. The Morgan fingerprint density at radius 1 is 0.909 bits per heavy atom. The van der Waals surface area contributed by atoms with Crippen LogP contribution in [0.3, 0.4) is 0 Å². The lowest BCUT2D eigenvalue weighted by molar-refractivity contribution is 0.164. The summed E-state index contributed by atoms with van der Waals surface area (Å²) in [5.74, 6) is 0. The molecule has 0 aliphatic carbocycles. The van der Waals surface area contributed by atoms with Gasteiger partial charge in [0.05, 0.1) is 0 Å². The molecule has 0 atom stereocenters. The van der Waals surface area contributed by atoms with Crippen molar-refractivity contribution in [2.45, 2.75) is 70.6 Å². The van der Waals surface area contributed by atoms with Crippen LogP contribution in [0.2, 0.25) is 0 Å². The molecule has 0 aliphatic heterocycles. The van der Waals surface area contributed by atoms with Crippen LogP contribution >= 0.6 is 0 Å². The van der Waals surface area contributed by atoms with E-state index in [1.54, 1.807) is 0 Å². The van der Waals surface area contributed by atoms with Gasteiger partial charge in [-0.2, -0.15) is 0 Å². The van der Waals surface area contributed by atoms with Crippen molar-refractivity contribution in [3.63, 3.8) is 0 Å². The summed E-state index contributed by atoms with van der Waals surface area (Å²) >= 11 is 0. The fourth-order valence-electron chi connectivity index (χ4n) is 2.55. The SMILES string of the molecule is ONCCCCC/C=C\CCCCCCCc1cccnc1. The number of aromatic nitrogens is 1. The second-order valence-corrected chi connectivity index (χ2v) is 5.90. The van der Waals surface area contributed by atoms with Gasteiger partial charge in [0, 0.05) is 18.9 Å². The van der Waals surface area contributed by atoms with Crippen molar-refractivity contribution in [1.29, 1.82) is 0 Å². The van der Waals surface area contributed by atoms with Crippen molar-refractivity contribution in [2.75, 3.05) is 6.54 Å². The van der Waals surface area contributed by atoms with Crippen LogP contribution in [0.15, 0.2) is 36.7 Å². The number of hydrogen-bond acceptors (Lipinski definition) is 3. The Kier molecular flexibility index (Phi) is 12.6. The Balaban J connectivity index is 1.79. The van der Waals surface area contributed by atoms with Crippen LogP contribution in [0.4, 0.5) is 0 Å². The van der Waals surface area contributed by atoms with E-state index in [2.05, 4.69) is 28.7 Å². The highest BCUT2D eigenvalue weighted by molar-refractivity contribution is 5.08. The molecule has 0 fully saturated rings. The third-order valence-electron chi connectivity index (χ3n) is 3.89. The van der Waals surface area contributed by atoms with Gasteiger partial charge in [-0.05, 0) is 56.6 Å². The van der Waals surface area contributed by atoms with Gasteiger partial charge in [0.2, 0.25) is 0 Å². The normalized spacial score (nSPS) is 11.3. The van der Waals surface area contributed by atoms with E-state index in [1.807, 2.05) is 18.5 Å². The molecule has 0 unspecified atom stereocenters. The molecule has 1 aromatic rings. The van der Waals surface area contributed by atoms with Crippen molar-refractivity contribution in [3.05, 3.63) is 42.2 Å². The molecule has 0 radical (unpaired) electrons. The van der Waals surface area contributed by atoms with Crippen LogP contribution in [0.25, 0.3) is 0 Å². The molecule has 1 aromatic heterocycles. The van der Waals surface area contributed by atoms with Crippen LogP contribution < -0.4 is 5.48 Å². The molecule has 3 heteroatoms. The highest BCUT2D eigenvalue weighted by Crippen LogP contribution is 2.10. The maximum atomic E-state index is 8.43. The molecule has 3 nitrogen and oxygen atoms in total. The quantitative estimate of drug-likeness (QED) is 0.287. The van der Waals surface area contributed by atoms with E-state index >= 15 is 0 Å². The van der Waals surface area contributed by atoms with Crippen LogP contribution in [0.5, 0.6) is 0 Å². The first-order valence-corrected chi connectivity index (χ1v) is 8.84. The Bertz CT molecular complexity index is 365. The van der Waals surface area contributed by atoms with Gasteiger partial charge in [0.1, 0.15) is 0 Å². The minimum atomic E-state index is 0.713. The number of hydroxylamine groups is 1. The summed E-state index contributed by atoms with van der Waals surface area (Å²) in [6.45, 7) is 0.713. The molecular weight excluding hydrogens is 272 g/mol. The van der Waals surface area contributed by atoms with Crippen LogP contribution in [-0.4, -0.2) is 16.7 Å². The van der Waals surface area contributed by atoms with Crippen LogP contribution in [0, 0.1) is 0 Å². The standard InChI is InChI=1S/C19H32N2O/c22-21-17-12-10-8-6-4-2-1-3-5-7-9-11-14-19-15-13-16-20-18-19/h2,4,13,15-16,18,21-22H,1,3,5-12,14,17H2/b4-2-. The van der Waals surface area contributed by atoms with E-state index in [0.29, 0.717) is 6.54 Å². The van der Waals surface area contributed by atoms with Crippen molar-refractivity contribution < 1.29 is 5.21 Å². The third kappa shape index (κ3) is 11.5. The van der Waals surface area contributed by atoms with Gasteiger partial charge in [-0.1, -0.05) is 43.9 Å². The van der Waals surface area contributed by atoms with Gasteiger partial charge in [-0.25, -0.2) is 5.48 Å². The molecule has 124 valence electrons. The largest absolute Gasteiger partial charge is 0.317 e. The molecule has 0 bridgehead atoms. The molecule has 2 N–H and O–H groups in total. The average molecular weight is 304 g/mol. The summed E-state index contributed by atoms with van der Waals surface area (Å²) in [7, 11) is 0. The van der Waals surface area contributed by atoms with Gasteiger partial charge in [0.25, 0.3) is 0 Å². The first kappa shape index (κ1) is 18.9. The van der Waals surface area contributed by atoms with Gasteiger partial charge in [-0.3, -0.25) is 4.98 Å². The number of pyridine rings is 1. The number of allylic oxidation sites excluding steroid dienone is 2.